The largest absolute Gasteiger partial charge is 0.386 e. The third kappa shape index (κ3) is 2.89. The number of aliphatic hydroxyl groups is 1. The number of hydrogen-bond donors (Lipinski definition) is 2. The van der Waals surface area contributed by atoms with Crippen molar-refractivity contribution in [1.29, 1.82) is 0 Å². The van der Waals surface area contributed by atoms with Crippen LogP contribution in [0.1, 0.15) is 24.5 Å². The first-order valence-electron chi connectivity index (χ1n) is 6.28. The van der Waals surface area contributed by atoms with Gasteiger partial charge in [0.05, 0.1) is 5.54 Å². The molecule has 0 aliphatic heterocycles. The molecule has 1 saturated carbocycles. The van der Waals surface area contributed by atoms with Crippen LogP contribution in [0.3, 0.4) is 0 Å². The van der Waals surface area contributed by atoms with Gasteiger partial charge in [-0.2, -0.15) is 0 Å². The highest BCUT2D eigenvalue weighted by Gasteiger charge is 2.50. The van der Waals surface area contributed by atoms with Crippen LogP contribution in [0.15, 0.2) is 36.7 Å². The van der Waals surface area contributed by atoms with Crippen molar-refractivity contribution >= 4 is 40.0 Å². The van der Waals surface area contributed by atoms with E-state index in [0.717, 1.165) is 27.9 Å². The first kappa shape index (κ1) is 14.0. The van der Waals surface area contributed by atoms with Gasteiger partial charge in [-0.05, 0) is 53.1 Å². The van der Waals surface area contributed by atoms with Crippen LogP contribution in [0, 0.1) is 3.70 Å². The topological polar surface area (TPSA) is 58.0 Å². The highest BCUT2D eigenvalue weighted by Crippen LogP contribution is 2.48. The number of rotatable bonds is 4. The summed E-state index contributed by atoms with van der Waals surface area (Å²) in [7, 11) is 0. The molecule has 0 radical (unpaired) electrons. The smallest absolute Gasteiger partial charge is 0.130 e. The van der Waals surface area contributed by atoms with Crippen LogP contribution in [0.4, 0.5) is 5.82 Å². The maximum absolute atomic E-state index is 10.6. The Kier molecular flexibility index (Phi) is 3.83. The summed E-state index contributed by atoms with van der Waals surface area (Å²) in [5.41, 5.74) is 0.536. The summed E-state index contributed by atoms with van der Waals surface area (Å²) in [4.78, 5) is 8.26. The average molecular weight is 402 g/mol. The molecule has 6 heteroatoms. The van der Waals surface area contributed by atoms with E-state index in [1.54, 1.807) is 12.1 Å². The van der Waals surface area contributed by atoms with E-state index in [2.05, 4.69) is 37.9 Å². The molecule has 0 amide bonds. The predicted octanol–water partition coefficient (Wildman–Crippen LogP) is 3.41. The average Bonchev–Trinajstić information content (AvgIpc) is 3.20. The third-order valence-electron chi connectivity index (χ3n) is 3.51. The highest BCUT2D eigenvalue weighted by atomic mass is 127. The number of aliphatic hydroxyl groups excluding tert-OH is 1. The minimum absolute atomic E-state index is 0.328. The van der Waals surface area contributed by atoms with Gasteiger partial charge in [0.2, 0.25) is 0 Å². The Morgan fingerprint density at radius 1 is 1.25 bits per heavy atom. The Labute approximate surface area is 135 Å². The van der Waals surface area contributed by atoms with Crippen molar-refractivity contribution in [3.05, 3.63) is 50.9 Å². The van der Waals surface area contributed by atoms with Crippen molar-refractivity contribution < 1.29 is 5.11 Å². The first-order chi connectivity index (χ1) is 9.59. The molecule has 1 aromatic carbocycles. The SMILES string of the molecule is OC(c1ccc(Cl)cc1)C1(Nc2cc(I)ncn2)CC1. The first-order valence-corrected chi connectivity index (χ1v) is 7.74. The Balaban J connectivity index is 1.80. The summed E-state index contributed by atoms with van der Waals surface area (Å²) in [5.74, 6) is 0.745. The molecular formula is C14H13ClIN3O. The Hall–Kier alpha value is -0.920. The van der Waals surface area contributed by atoms with Gasteiger partial charge in [-0.1, -0.05) is 23.7 Å². The molecule has 4 nitrogen and oxygen atoms in total. The van der Waals surface area contributed by atoms with Gasteiger partial charge in [0.1, 0.15) is 21.9 Å². The zero-order valence-corrected chi connectivity index (χ0v) is 13.5. The molecule has 3 rings (SSSR count). The molecule has 2 N–H and O–H groups in total. The molecular weight excluding hydrogens is 389 g/mol. The summed E-state index contributed by atoms with van der Waals surface area (Å²) >= 11 is 8.02. The van der Waals surface area contributed by atoms with Gasteiger partial charge in [0, 0.05) is 11.1 Å². The van der Waals surface area contributed by atoms with Gasteiger partial charge in [-0.3, -0.25) is 0 Å². The summed E-state index contributed by atoms with van der Waals surface area (Å²) in [6.45, 7) is 0. The highest BCUT2D eigenvalue weighted by molar-refractivity contribution is 14.1. The fourth-order valence-electron chi connectivity index (χ4n) is 2.22. The maximum Gasteiger partial charge on any atom is 0.130 e. The van der Waals surface area contributed by atoms with E-state index >= 15 is 0 Å². The molecule has 1 atom stereocenters. The summed E-state index contributed by atoms with van der Waals surface area (Å²) in [6.07, 6.45) is 2.77. The van der Waals surface area contributed by atoms with Crippen LogP contribution in [-0.2, 0) is 0 Å². The Morgan fingerprint density at radius 3 is 2.55 bits per heavy atom. The van der Waals surface area contributed by atoms with E-state index in [1.807, 2.05) is 18.2 Å². The third-order valence-corrected chi connectivity index (χ3v) is 4.35. The van der Waals surface area contributed by atoms with Gasteiger partial charge >= 0.3 is 0 Å². The predicted molar refractivity (Wildman–Crippen MR) is 86.7 cm³/mol. The second-order valence-corrected chi connectivity index (χ2v) is 6.50. The second-order valence-electron chi connectivity index (χ2n) is 4.96. The van der Waals surface area contributed by atoms with Crippen molar-refractivity contribution in [3.63, 3.8) is 0 Å². The zero-order chi connectivity index (χ0) is 14.2. The minimum Gasteiger partial charge on any atom is -0.386 e. The summed E-state index contributed by atoms with van der Waals surface area (Å²) in [5, 5.41) is 14.6. The van der Waals surface area contributed by atoms with Gasteiger partial charge in [0.15, 0.2) is 0 Å². The van der Waals surface area contributed by atoms with Crippen molar-refractivity contribution in [3.8, 4) is 0 Å². The lowest BCUT2D eigenvalue weighted by molar-refractivity contribution is 0.144. The molecule has 1 aliphatic carbocycles. The number of hydrogen-bond acceptors (Lipinski definition) is 4. The number of nitrogens with zero attached hydrogens (tertiary/aromatic N) is 2. The lowest BCUT2D eigenvalue weighted by Gasteiger charge is -2.24. The fourth-order valence-corrected chi connectivity index (χ4v) is 2.77. The summed E-state index contributed by atoms with van der Waals surface area (Å²) in [6, 6.07) is 9.18. The van der Waals surface area contributed by atoms with Gasteiger partial charge in [0.25, 0.3) is 0 Å². The standard InChI is InChI=1S/C14H13ClIN3O/c15-10-3-1-9(2-4-10)13(20)14(5-6-14)19-12-7-11(16)17-8-18-12/h1-4,7-8,13,20H,5-6H2,(H,17,18,19). The molecule has 2 aromatic rings. The van der Waals surface area contributed by atoms with Crippen LogP contribution >= 0.6 is 34.2 Å². The minimum atomic E-state index is -0.576. The molecule has 1 heterocycles. The zero-order valence-electron chi connectivity index (χ0n) is 10.6. The van der Waals surface area contributed by atoms with E-state index in [0.29, 0.717) is 5.02 Å². The normalized spacial score (nSPS) is 17.6. The van der Waals surface area contributed by atoms with Crippen LogP contribution in [0.5, 0.6) is 0 Å². The molecule has 1 aliphatic rings. The van der Waals surface area contributed by atoms with Gasteiger partial charge in [-0.15, -0.1) is 0 Å². The van der Waals surface area contributed by atoms with E-state index in [1.165, 1.54) is 6.33 Å². The van der Waals surface area contributed by atoms with Crippen LogP contribution < -0.4 is 5.32 Å². The maximum atomic E-state index is 10.6. The van der Waals surface area contributed by atoms with Gasteiger partial charge in [-0.25, -0.2) is 9.97 Å². The molecule has 1 unspecified atom stereocenters. The van der Waals surface area contributed by atoms with Crippen molar-refractivity contribution in [2.75, 3.05) is 5.32 Å². The van der Waals surface area contributed by atoms with Crippen molar-refractivity contribution in [2.45, 2.75) is 24.5 Å². The summed E-state index contributed by atoms with van der Waals surface area (Å²) < 4.78 is 0.872. The second kappa shape index (κ2) is 5.46. The molecule has 1 fully saturated rings. The molecule has 0 spiro atoms. The monoisotopic (exact) mass is 401 g/mol. The van der Waals surface area contributed by atoms with Crippen molar-refractivity contribution in [2.24, 2.45) is 0 Å². The van der Waals surface area contributed by atoms with Crippen LogP contribution in [0.25, 0.3) is 0 Å². The quantitative estimate of drug-likeness (QED) is 0.609. The van der Waals surface area contributed by atoms with E-state index < -0.39 is 6.10 Å². The molecule has 20 heavy (non-hydrogen) atoms. The van der Waals surface area contributed by atoms with Crippen LogP contribution in [-0.4, -0.2) is 20.6 Å². The molecule has 104 valence electrons. The van der Waals surface area contributed by atoms with E-state index in [4.69, 9.17) is 11.6 Å². The number of benzene rings is 1. The Bertz CT molecular complexity index is 616. The number of aromatic nitrogens is 2. The number of anilines is 1. The number of nitrogens with one attached hydrogen (secondary N) is 1. The van der Waals surface area contributed by atoms with Crippen molar-refractivity contribution in [1.82, 2.24) is 9.97 Å². The number of halogens is 2. The molecule has 0 saturated heterocycles. The Morgan fingerprint density at radius 2 is 1.95 bits per heavy atom. The van der Waals surface area contributed by atoms with Gasteiger partial charge < -0.3 is 10.4 Å². The molecule has 0 bridgehead atoms. The lowest BCUT2D eigenvalue weighted by atomic mass is 10.0. The van der Waals surface area contributed by atoms with E-state index in [-0.39, 0.29) is 5.54 Å². The van der Waals surface area contributed by atoms with Crippen LogP contribution in [0.2, 0.25) is 5.02 Å². The fraction of sp³-hybridized carbons (Fsp3) is 0.286. The van der Waals surface area contributed by atoms with E-state index in [9.17, 15) is 5.11 Å². The lowest BCUT2D eigenvalue weighted by Crippen LogP contribution is -2.30. The molecule has 1 aromatic heterocycles.